The van der Waals surface area contributed by atoms with E-state index in [0.717, 1.165) is 5.56 Å². The van der Waals surface area contributed by atoms with E-state index in [4.69, 9.17) is 27.9 Å². The van der Waals surface area contributed by atoms with Gasteiger partial charge in [0.15, 0.2) is 0 Å². The number of hydrogen-bond acceptors (Lipinski definition) is 3. The molecule has 0 saturated heterocycles. The van der Waals surface area contributed by atoms with Gasteiger partial charge < -0.3 is 4.74 Å². The predicted molar refractivity (Wildman–Crippen MR) is 62.8 cm³/mol. The molecule has 0 aromatic heterocycles. The maximum absolute atomic E-state index is 11.6. The summed E-state index contributed by atoms with van der Waals surface area (Å²) in [5, 5.41) is 0.409. The zero-order valence-electron chi connectivity index (χ0n) is 8.84. The molecule has 1 aromatic rings. The molecule has 0 fully saturated rings. The lowest BCUT2D eigenvalue weighted by atomic mass is 10.0. The molecule has 0 atom stereocenters. The van der Waals surface area contributed by atoms with Crippen LogP contribution in [0.5, 0.6) is 5.75 Å². The molecular formula is C11H10Cl2O3. The highest BCUT2D eigenvalue weighted by Crippen LogP contribution is 2.27. The Balaban J connectivity index is 3.27. The van der Waals surface area contributed by atoms with Crippen molar-refractivity contribution in [1.82, 2.24) is 0 Å². The number of carbonyl (C=O) groups excluding carboxylic acids is 2. The van der Waals surface area contributed by atoms with Gasteiger partial charge in [0.05, 0.1) is 18.6 Å². The summed E-state index contributed by atoms with van der Waals surface area (Å²) in [6, 6.07) is 3.03. The minimum atomic E-state index is -0.686. The van der Waals surface area contributed by atoms with E-state index >= 15 is 0 Å². The molecule has 0 N–H and O–H groups in total. The monoisotopic (exact) mass is 260 g/mol. The Bertz CT molecular complexity index is 441. The molecule has 16 heavy (non-hydrogen) atoms. The lowest BCUT2D eigenvalue weighted by Gasteiger charge is -2.08. The third-order valence-corrected chi connectivity index (χ3v) is 2.75. The number of aryl methyl sites for hydroxylation is 1. The molecule has 86 valence electrons. The normalized spacial score (nSPS) is 10.0. The molecule has 0 bridgehead atoms. The SMILES string of the molecule is COc1cc(C)c(Cl)cc1C(=O)C(=O)CCl. The molecule has 0 aliphatic heterocycles. The van der Waals surface area contributed by atoms with Crippen LogP contribution in [0.2, 0.25) is 5.02 Å². The first-order chi connectivity index (χ1) is 7.51. The number of ketones is 2. The first-order valence-corrected chi connectivity index (χ1v) is 5.40. The van der Waals surface area contributed by atoms with Gasteiger partial charge in [-0.15, -0.1) is 11.6 Å². The number of benzene rings is 1. The van der Waals surface area contributed by atoms with Crippen LogP contribution in [0, 0.1) is 6.92 Å². The van der Waals surface area contributed by atoms with Crippen molar-refractivity contribution in [3.05, 3.63) is 28.3 Å². The van der Waals surface area contributed by atoms with E-state index in [1.54, 1.807) is 13.0 Å². The Labute approximate surface area is 103 Å². The minimum absolute atomic E-state index is 0.142. The number of ether oxygens (including phenoxy) is 1. The molecule has 0 saturated carbocycles. The second-order valence-corrected chi connectivity index (χ2v) is 3.86. The van der Waals surface area contributed by atoms with Crippen LogP contribution in [0.15, 0.2) is 12.1 Å². The van der Waals surface area contributed by atoms with E-state index < -0.39 is 11.6 Å². The van der Waals surface area contributed by atoms with Gasteiger partial charge in [-0.2, -0.15) is 0 Å². The smallest absolute Gasteiger partial charge is 0.233 e. The fourth-order valence-electron chi connectivity index (χ4n) is 1.21. The van der Waals surface area contributed by atoms with E-state index in [1.165, 1.54) is 13.2 Å². The van der Waals surface area contributed by atoms with Gasteiger partial charge in [-0.3, -0.25) is 9.59 Å². The van der Waals surface area contributed by atoms with E-state index in [0.29, 0.717) is 10.8 Å². The maximum atomic E-state index is 11.6. The number of alkyl halides is 1. The third kappa shape index (κ3) is 2.54. The summed E-state index contributed by atoms with van der Waals surface area (Å²) in [5.41, 5.74) is 0.914. The molecule has 3 nitrogen and oxygen atoms in total. The lowest BCUT2D eigenvalue weighted by molar-refractivity contribution is -0.112. The van der Waals surface area contributed by atoms with Crippen LogP contribution in [0.25, 0.3) is 0 Å². The van der Waals surface area contributed by atoms with Crippen molar-refractivity contribution in [2.45, 2.75) is 6.92 Å². The zero-order valence-corrected chi connectivity index (χ0v) is 10.4. The first-order valence-electron chi connectivity index (χ1n) is 4.49. The Morgan fingerprint density at radius 2 is 2.00 bits per heavy atom. The highest BCUT2D eigenvalue weighted by molar-refractivity contribution is 6.52. The molecule has 0 radical (unpaired) electrons. The fourth-order valence-corrected chi connectivity index (χ4v) is 1.50. The van der Waals surface area contributed by atoms with Crippen molar-refractivity contribution in [1.29, 1.82) is 0 Å². The molecule has 1 rings (SSSR count). The predicted octanol–water partition coefficient (Wildman–Crippen LogP) is 2.65. The van der Waals surface area contributed by atoms with Gasteiger partial charge in [0.1, 0.15) is 5.75 Å². The average molecular weight is 261 g/mol. The summed E-state index contributed by atoms with van der Waals surface area (Å²) in [4.78, 5) is 22.8. The van der Waals surface area contributed by atoms with Gasteiger partial charge in [-0.1, -0.05) is 11.6 Å². The van der Waals surface area contributed by atoms with Crippen molar-refractivity contribution < 1.29 is 14.3 Å². The first kappa shape index (κ1) is 13.0. The Morgan fingerprint density at radius 3 is 2.50 bits per heavy atom. The molecule has 1 aromatic carbocycles. The standard InChI is InChI=1S/C11H10Cl2O3/c1-6-3-10(16-2)7(4-8(6)13)11(15)9(14)5-12/h3-4H,5H2,1-2H3. The third-order valence-electron chi connectivity index (χ3n) is 2.10. The topological polar surface area (TPSA) is 43.4 Å². The maximum Gasteiger partial charge on any atom is 0.233 e. The zero-order chi connectivity index (χ0) is 12.3. The number of carbonyl (C=O) groups is 2. The van der Waals surface area contributed by atoms with Crippen molar-refractivity contribution in [3.8, 4) is 5.75 Å². The van der Waals surface area contributed by atoms with Crippen LogP contribution in [-0.4, -0.2) is 24.6 Å². The Kier molecular flexibility index (Phi) is 4.33. The van der Waals surface area contributed by atoms with Gasteiger partial charge in [-0.05, 0) is 24.6 Å². The average Bonchev–Trinajstić information content (AvgIpc) is 2.30. The van der Waals surface area contributed by atoms with E-state index in [2.05, 4.69) is 0 Å². The van der Waals surface area contributed by atoms with Gasteiger partial charge in [0, 0.05) is 5.02 Å². The van der Waals surface area contributed by atoms with Gasteiger partial charge in [0.25, 0.3) is 0 Å². The highest BCUT2D eigenvalue weighted by Gasteiger charge is 2.20. The van der Waals surface area contributed by atoms with Gasteiger partial charge in [0.2, 0.25) is 11.6 Å². The Hall–Kier alpha value is -1.06. The van der Waals surface area contributed by atoms with Crippen LogP contribution >= 0.6 is 23.2 Å². The van der Waals surface area contributed by atoms with E-state index in [-0.39, 0.29) is 11.4 Å². The lowest BCUT2D eigenvalue weighted by Crippen LogP contribution is -2.16. The second-order valence-electron chi connectivity index (χ2n) is 3.19. The van der Waals surface area contributed by atoms with Crippen LogP contribution in [0.1, 0.15) is 15.9 Å². The summed E-state index contributed by atoms with van der Waals surface area (Å²) in [5.74, 6) is -1.40. The molecule has 0 heterocycles. The molecule has 0 spiro atoms. The number of hydrogen-bond donors (Lipinski definition) is 0. The van der Waals surface area contributed by atoms with Crippen molar-refractivity contribution in [3.63, 3.8) is 0 Å². The summed E-state index contributed by atoms with van der Waals surface area (Å²) in [6.07, 6.45) is 0. The van der Waals surface area contributed by atoms with Gasteiger partial charge in [-0.25, -0.2) is 0 Å². The molecule has 5 heteroatoms. The quantitative estimate of drug-likeness (QED) is 0.475. The number of Topliss-reactive ketones (excluding diaryl/α,β-unsaturated/α-hetero) is 2. The molecule has 0 amide bonds. The van der Waals surface area contributed by atoms with E-state index in [9.17, 15) is 9.59 Å². The number of rotatable bonds is 4. The minimum Gasteiger partial charge on any atom is -0.496 e. The van der Waals surface area contributed by atoms with Gasteiger partial charge >= 0.3 is 0 Å². The van der Waals surface area contributed by atoms with E-state index in [1.807, 2.05) is 0 Å². The summed E-state index contributed by atoms with van der Waals surface area (Å²) < 4.78 is 5.02. The molecule has 0 aliphatic rings. The van der Waals surface area contributed by atoms with Crippen LogP contribution in [0.4, 0.5) is 0 Å². The highest BCUT2D eigenvalue weighted by atomic mass is 35.5. The second kappa shape index (κ2) is 5.32. The van der Waals surface area contributed by atoms with Crippen molar-refractivity contribution >= 4 is 34.8 Å². The fraction of sp³-hybridized carbons (Fsp3) is 0.273. The summed E-state index contributed by atoms with van der Waals surface area (Å²) in [6.45, 7) is 1.78. The molecule has 0 unspecified atom stereocenters. The number of halogens is 2. The van der Waals surface area contributed by atoms with Crippen LogP contribution in [-0.2, 0) is 4.79 Å². The summed E-state index contributed by atoms with van der Waals surface area (Å²) in [7, 11) is 1.42. The number of methoxy groups -OCH3 is 1. The van der Waals surface area contributed by atoms with Crippen molar-refractivity contribution in [2.24, 2.45) is 0 Å². The van der Waals surface area contributed by atoms with Crippen molar-refractivity contribution in [2.75, 3.05) is 13.0 Å². The molecular weight excluding hydrogens is 251 g/mol. The molecule has 0 aliphatic carbocycles. The largest absolute Gasteiger partial charge is 0.496 e. The van der Waals surface area contributed by atoms with Crippen LogP contribution < -0.4 is 4.74 Å². The summed E-state index contributed by atoms with van der Waals surface area (Å²) >= 11 is 11.2. The Morgan fingerprint density at radius 1 is 1.38 bits per heavy atom. The van der Waals surface area contributed by atoms with Crippen LogP contribution in [0.3, 0.4) is 0 Å².